The maximum absolute atomic E-state index is 6.10. The Hall–Kier alpha value is -0.640. The maximum atomic E-state index is 6.10. The molecule has 2 N–H and O–H groups in total. The minimum Gasteiger partial charge on any atom is -0.323 e. The summed E-state index contributed by atoms with van der Waals surface area (Å²) in [6.07, 6.45) is 0.957. The molecule has 0 bridgehead atoms. The first-order chi connectivity index (χ1) is 6.75. The quantitative estimate of drug-likeness (QED) is 0.848. The van der Waals surface area contributed by atoms with Crippen LogP contribution in [0.3, 0.4) is 0 Å². The minimum absolute atomic E-state index is 0.160. The largest absolute Gasteiger partial charge is 0.323 e. The third kappa shape index (κ3) is 2.23. The minimum atomic E-state index is 0.160. The van der Waals surface area contributed by atoms with E-state index >= 15 is 0 Å². The summed E-state index contributed by atoms with van der Waals surface area (Å²) < 4.78 is 0. The van der Waals surface area contributed by atoms with E-state index in [4.69, 9.17) is 5.73 Å². The van der Waals surface area contributed by atoms with Gasteiger partial charge in [0.15, 0.2) is 0 Å². The molecule has 0 saturated heterocycles. The van der Waals surface area contributed by atoms with Gasteiger partial charge in [0, 0.05) is 27.1 Å². The van der Waals surface area contributed by atoms with Gasteiger partial charge in [0.05, 0.1) is 0 Å². The molecule has 3 heteroatoms. The molecular weight excluding hydrogens is 210 g/mol. The van der Waals surface area contributed by atoms with Gasteiger partial charge in [-0.25, -0.2) is 0 Å². The van der Waals surface area contributed by atoms with Crippen molar-refractivity contribution in [3.05, 3.63) is 44.3 Å². The zero-order valence-electron chi connectivity index (χ0n) is 8.07. The number of rotatable bonds is 3. The summed E-state index contributed by atoms with van der Waals surface area (Å²) in [5.74, 6) is 0. The van der Waals surface area contributed by atoms with Crippen LogP contribution in [0, 0.1) is 6.92 Å². The number of hydrogen-bond acceptors (Lipinski definition) is 3. The SMILES string of the molecule is Cc1ccc(CC(N)c2cccs2)s1. The van der Waals surface area contributed by atoms with Crippen molar-refractivity contribution in [1.82, 2.24) is 0 Å². The smallest absolute Gasteiger partial charge is 0.0438 e. The Morgan fingerprint density at radius 3 is 2.79 bits per heavy atom. The predicted molar refractivity (Wildman–Crippen MR) is 64.0 cm³/mol. The molecule has 0 aliphatic rings. The first kappa shape index (κ1) is 9.90. The fraction of sp³-hybridized carbons (Fsp3) is 0.273. The summed E-state index contributed by atoms with van der Waals surface area (Å²) in [6, 6.07) is 8.65. The van der Waals surface area contributed by atoms with E-state index in [-0.39, 0.29) is 6.04 Å². The van der Waals surface area contributed by atoms with Gasteiger partial charge in [-0.3, -0.25) is 0 Å². The van der Waals surface area contributed by atoms with Crippen molar-refractivity contribution < 1.29 is 0 Å². The molecular formula is C11H13NS2. The summed E-state index contributed by atoms with van der Waals surface area (Å²) in [5, 5.41) is 2.08. The molecule has 0 aliphatic carbocycles. The summed E-state index contributed by atoms with van der Waals surface area (Å²) in [7, 11) is 0. The van der Waals surface area contributed by atoms with E-state index < -0.39 is 0 Å². The Labute approximate surface area is 92.2 Å². The van der Waals surface area contributed by atoms with Gasteiger partial charge in [0.1, 0.15) is 0 Å². The van der Waals surface area contributed by atoms with E-state index in [1.165, 1.54) is 14.6 Å². The van der Waals surface area contributed by atoms with Crippen LogP contribution in [0.5, 0.6) is 0 Å². The van der Waals surface area contributed by atoms with Crippen molar-refractivity contribution >= 4 is 22.7 Å². The van der Waals surface area contributed by atoms with Gasteiger partial charge in [0.2, 0.25) is 0 Å². The van der Waals surface area contributed by atoms with Gasteiger partial charge in [-0.05, 0) is 30.5 Å². The molecule has 2 heterocycles. The predicted octanol–water partition coefficient (Wildman–Crippen LogP) is 3.36. The number of thiophene rings is 2. The van der Waals surface area contributed by atoms with Gasteiger partial charge in [-0.2, -0.15) is 0 Å². The molecule has 0 aromatic carbocycles. The third-order valence-electron chi connectivity index (χ3n) is 2.13. The van der Waals surface area contributed by atoms with Gasteiger partial charge in [0.25, 0.3) is 0 Å². The molecule has 0 aliphatic heterocycles. The van der Waals surface area contributed by atoms with Gasteiger partial charge in [-0.15, -0.1) is 22.7 Å². The van der Waals surface area contributed by atoms with Crippen LogP contribution >= 0.6 is 22.7 Å². The highest BCUT2D eigenvalue weighted by atomic mass is 32.1. The van der Waals surface area contributed by atoms with Crippen LogP contribution in [-0.2, 0) is 6.42 Å². The van der Waals surface area contributed by atoms with E-state index in [2.05, 4.69) is 36.6 Å². The van der Waals surface area contributed by atoms with Crippen LogP contribution in [0.2, 0.25) is 0 Å². The maximum Gasteiger partial charge on any atom is 0.0438 e. The Bertz CT molecular complexity index is 389. The lowest BCUT2D eigenvalue weighted by atomic mass is 10.1. The van der Waals surface area contributed by atoms with E-state index in [0.717, 1.165) is 6.42 Å². The van der Waals surface area contributed by atoms with Gasteiger partial charge in [-0.1, -0.05) is 6.07 Å². The van der Waals surface area contributed by atoms with E-state index in [1.807, 2.05) is 11.3 Å². The topological polar surface area (TPSA) is 26.0 Å². The highest BCUT2D eigenvalue weighted by Crippen LogP contribution is 2.24. The molecule has 14 heavy (non-hydrogen) atoms. The summed E-state index contributed by atoms with van der Waals surface area (Å²) in [5.41, 5.74) is 6.10. The standard InChI is InChI=1S/C11H13NS2/c1-8-4-5-9(14-8)7-10(12)11-3-2-6-13-11/h2-6,10H,7,12H2,1H3. The Kier molecular flexibility index (Phi) is 3.01. The molecule has 0 spiro atoms. The molecule has 0 saturated carbocycles. The van der Waals surface area contributed by atoms with Crippen molar-refractivity contribution in [1.29, 1.82) is 0 Å². The fourth-order valence-corrected chi connectivity index (χ4v) is 3.09. The fourth-order valence-electron chi connectivity index (χ4n) is 1.41. The Balaban J connectivity index is 2.05. The molecule has 2 aromatic rings. The van der Waals surface area contributed by atoms with E-state index in [1.54, 1.807) is 11.3 Å². The summed E-state index contributed by atoms with van der Waals surface area (Å²) >= 11 is 3.57. The first-order valence-corrected chi connectivity index (χ1v) is 6.29. The second kappa shape index (κ2) is 4.26. The van der Waals surface area contributed by atoms with E-state index in [0.29, 0.717) is 0 Å². The van der Waals surface area contributed by atoms with Crippen molar-refractivity contribution in [2.45, 2.75) is 19.4 Å². The molecule has 2 aromatic heterocycles. The second-order valence-electron chi connectivity index (χ2n) is 3.34. The Morgan fingerprint density at radius 2 is 2.21 bits per heavy atom. The lowest BCUT2D eigenvalue weighted by molar-refractivity contribution is 0.745. The highest BCUT2D eigenvalue weighted by Gasteiger charge is 2.08. The van der Waals surface area contributed by atoms with E-state index in [9.17, 15) is 0 Å². The number of nitrogens with two attached hydrogens (primary N) is 1. The van der Waals surface area contributed by atoms with Gasteiger partial charge < -0.3 is 5.73 Å². The third-order valence-corrected chi connectivity index (χ3v) is 4.15. The normalized spacial score (nSPS) is 13.0. The van der Waals surface area contributed by atoms with Crippen LogP contribution in [-0.4, -0.2) is 0 Å². The zero-order valence-corrected chi connectivity index (χ0v) is 9.70. The molecule has 1 unspecified atom stereocenters. The summed E-state index contributed by atoms with van der Waals surface area (Å²) in [6.45, 7) is 2.13. The number of aryl methyl sites for hydroxylation is 1. The molecule has 1 nitrogen and oxygen atoms in total. The van der Waals surface area contributed by atoms with Crippen molar-refractivity contribution in [3.63, 3.8) is 0 Å². The van der Waals surface area contributed by atoms with Crippen LogP contribution in [0.1, 0.15) is 20.7 Å². The second-order valence-corrected chi connectivity index (χ2v) is 5.69. The van der Waals surface area contributed by atoms with Crippen LogP contribution in [0.25, 0.3) is 0 Å². The van der Waals surface area contributed by atoms with Crippen LogP contribution in [0.4, 0.5) is 0 Å². The average molecular weight is 223 g/mol. The molecule has 1 atom stereocenters. The molecule has 74 valence electrons. The molecule has 2 rings (SSSR count). The monoisotopic (exact) mass is 223 g/mol. The van der Waals surface area contributed by atoms with Crippen LogP contribution in [0.15, 0.2) is 29.6 Å². The van der Waals surface area contributed by atoms with Crippen molar-refractivity contribution in [2.75, 3.05) is 0 Å². The molecule has 0 amide bonds. The molecule has 0 radical (unpaired) electrons. The number of hydrogen-bond donors (Lipinski definition) is 1. The average Bonchev–Trinajstić information content (AvgIpc) is 2.75. The summed E-state index contributed by atoms with van der Waals surface area (Å²) in [4.78, 5) is 4.01. The lowest BCUT2D eigenvalue weighted by Gasteiger charge is -2.06. The van der Waals surface area contributed by atoms with Gasteiger partial charge >= 0.3 is 0 Å². The Morgan fingerprint density at radius 1 is 1.36 bits per heavy atom. The van der Waals surface area contributed by atoms with Crippen molar-refractivity contribution in [2.24, 2.45) is 5.73 Å². The lowest BCUT2D eigenvalue weighted by Crippen LogP contribution is -2.10. The zero-order chi connectivity index (χ0) is 9.97. The molecule has 0 fully saturated rings. The first-order valence-electron chi connectivity index (χ1n) is 4.60. The highest BCUT2D eigenvalue weighted by molar-refractivity contribution is 7.12. The van der Waals surface area contributed by atoms with Crippen LogP contribution < -0.4 is 5.73 Å². The van der Waals surface area contributed by atoms with Crippen molar-refractivity contribution in [3.8, 4) is 0 Å².